The van der Waals surface area contributed by atoms with Crippen molar-refractivity contribution in [2.45, 2.75) is 43.8 Å². The maximum Gasteiger partial charge on any atom is 0.202 e. The van der Waals surface area contributed by atoms with Crippen LogP contribution < -0.4 is 5.32 Å². The first-order valence-electron chi connectivity index (χ1n) is 6.62. The molecule has 1 aliphatic carbocycles. The lowest BCUT2D eigenvalue weighted by Gasteiger charge is -2.44. The first-order chi connectivity index (χ1) is 8.76. The van der Waals surface area contributed by atoms with E-state index < -0.39 is 5.66 Å². The second-order valence-corrected chi connectivity index (χ2v) is 5.27. The maximum absolute atomic E-state index is 10.2. The number of nitrogens with one attached hydrogen (secondary N) is 1. The van der Waals surface area contributed by atoms with Gasteiger partial charge in [-0.1, -0.05) is 19.3 Å². The van der Waals surface area contributed by atoms with Crippen molar-refractivity contribution < 1.29 is 10.3 Å². The van der Waals surface area contributed by atoms with Gasteiger partial charge in [-0.3, -0.25) is 0 Å². The van der Waals surface area contributed by atoms with E-state index in [0.717, 1.165) is 10.8 Å². The van der Waals surface area contributed by atoms with Crippen LogP contribution in [0.25, 0.3) is 0 Å². The molecular weight excluding hydrogens is 232 g/mol. The van der Waals surface area contributed by atoms with Crippen molar-refractivity contribution in [3.8, 4) is 0 Å². The van der Waals surface area contributed by atoms with E-state index in [0.29, 0.717) is 12.7 Å². The summed E-state index contributed by atoms with van der Waals surface area (Å²) in [5.41, 5.74) is -0.255. The topological polar surface area (TPSA) is 71.3 Å². The van der Waals surface area contributed by atoms with Crippen LogP contribution in [0.1, 0.15) is 32.1 Å². The molecule has 3 rings (SSSR count). The SMILES string of the molecule is OCC12N=CNC1=CN(C1CCCCC1)CN2O. The number of nitrogens with zero attached hydrogens (tertiary/aromatic N) is 3. The summed E-state index contributed by atoms with van der Waals surface area (Å²) >= 11 is 0. The first-order valence-corrected chi connectivity index (χ1v) is 6.62. The third-order valence-corrected chi connectivity index (χ3v) is 4.21. The predicted molar refractivity (Wildman–Crippen MR) is 66.7 cm³/mol. The van der Waals surface area contributed by atoms with Gasteiger partial charge in [0.25, 0.3) is 0 Å². The van der Waals surface area contributed by atoms with Gasteiger partial charge in [0.15, 0.2) is 0 Å². The van der Waals surface area contributed by atoms with Crippen LogP contribution in [0.5, 0.6) is 0 Å². The Morgan fingerprint density at radius 3 is 2.89 bits per heavy atom. The number of hydrogen-bond acceptors (Lipinski definition) is 6. The molecule has 0 spiro atoms. The zero-order chi connectivity index (χ0) is 12.6. The number of aliphatic imine (C=N–C) groups is 1. The fourth-order valence-electron chi connectivity index (χ4n) is 3.06. The summed E-state index contributed by atoms with van der Waals surface area (Å²) in [6.45, 7) is 0.172. The number of hydrogen-bond donors (Lipinski definition) is 3. The van der Waals surface area contributed by atoms with Gasteiger partial charge in [0.1, 0.15) is 0 Å². The summed E-state index contributed by atoms with van der Waals surface area (Å²) in [5.74, 6) is 0. The van der Waals surface area contributed by atoms with Crippen LogP contribution in [-0.2, 0) is 0 Å². The molecule has 100 valence electrons. The zero-order valence-electron chi connectivity index (χ0n) is 10.4. The van der Waals surface area contributed by atoms with Crippen molar-refractivity contribution in [2.75, 3.05) is 13.3 Å². The minimum absolute atomic E-state index is 0.225. The fourth-order valence-corrected chi connectivity index (χ4v) is 3.06. The molecule has 0 radical (unpaired) electrons. The molecule has 0 aromatic carbocycles. The first kappa shape index (κ1) is 12.0. The second kappa shape index (κ2) is 4.53. The average Bonchev–Trinajstić information content (AvgIpc) is 2.84. The van der Waals surface area contributed by atoms with E-state index in [-0.39, 0.29) is 6.61 Å². The Kier molecular flexibility index (Phi) is 3.01. The highest BCUT2D eigenvalue weighted by Crippen LogP contribution is 2.33. The van der Waals surface area contributed by atoms with Crippen molar-refractivity contribution in [3.63, 3.8) is 0 Å². The Balaban J connectivity index is 1.83. The molecule has 1 atom stereocenters. The third-order valence-electron chi connectivity index (χ3n) is 4.21. The van der Waals surface area contributed by atoms with Gasteiger partial charge in [-0.15, -0.1) is 5.06 Å². The Labute approximate surface area is 107 Å². The summed E-state index contributed by atoms with van der Waals surface area (Å²) in [6.07, 6.45) is 9.71. The Bertz CT molecular complexity index is 378. The normalized spacial score (nSPS) is 33.2. The predicted octanol–water partition coefficient (Wildman–Crippen LogP) is 0.445. The fraction of sp³-hybridized carbons (Fsp3) is 0.750. The van der Waals surface area contributed by atoms with Crippen LogP contribution in [0.4, 0.5) is 0 Å². The maximum atomic E-state index is 10.2. The van der Waals surface area contributed by atoms with E-state index in [9.17, 15) is 10.3 Å². The standard InChI is InChI=1S/C12H20N4O2/c17-7-12-11(13-8-14-12)6-15(9-16(12)18)10-4-2-1-3-5-10/h6,8,10,17-18H,1-5,7,9H2,(H,13,14). The van der Waals surface area contributed by atoms with Crippen molar-refractivity contribution in [1.29, 1.82) is 0 Å². The third kappa shape index (κ3) is 1.72. The number of rotatable bonds is 2. The van der Waals surface area contributed by atoms with Crippen LogP contribution in [0.2, 0.25) is 0 Å². The number of fused-ring (bicyclic) bond motifs is 1. The molecule has 2 heterocycles. The molecule has 1 unspecified atom stereocenters. The molecule has 0 aromatic heterocycles. The van der Waals surface area contributed by atoms with Gasteiger partial charge in [-0.2, -0.15) is 0 Å². The van der Waals surface area contributed by atoms with Gasteiger partial charge in [-0.25, -0.2) is 4.99 Å². The van der Waals surface area contributed by atoms with E-state index in [1.54, 1.807) is 0 Å². The number of aliphatic hydroxyl groups is 1. The molecule has 3 N–H and O–H groups in total. The molecule has 3 aliphatic rings. The van der Waals surface area contributed by atoms with Gasteiger partial charge in [0.2, 0.25) is 5.66 Å². The summed E-state index contributed by atoms with van der Waals surface area (Å²) in [7, 11) is 0. The van der Waals surface area contributed by atoms with Gasteiger partial charge in [0, 0.05) is 12.2 Å². The van der Waals surface area contributed by atoms with E-state index in [1.165, 1.54) is 38.4 Å². The minimum atomic E-state index is -1.01. The lowest BCUT2D eigenvalue weighted by molar-refractivity contribution is -0.201. The second-order valence-electron chi connectivity index (χ2n) is 5.27. The molecular formula is C12H20N4O2. The van der Waals surface area contributed by atoms with E-state index in [1.807, 2.05) is 6.20 Å². The van der Waals surface area contributed by atoms with Crippen LogP contribution in [-0.4, -0.2) is 51.6 Å². The summed E-state index contributed by atoms with van der Waals surface area (Å²) in [5, 5.41) is 23.8. The van der Waals surface area contributed by atoms with E-state index in [2.05, 4.69) is 15.2 Å². The van der Waals surface area contributed by atoms with Crippen LogP contribution in [0.15, 0.2) is 16.9 Å². The lowest BCUT2D eigenvalue weighted by Crippen LogP contribution is -2.58. The highest BCUT2D eigenvalue weighted by atomic mass is 16.5. The smallest absolute Gasteiger partial charge is 0.202 e. The van der Waals surface area contributed by atoms with Crippen LogP contribution in [0.3, 0.4) is 0 Å². The van der Waals surface area contributed by atoms with Gasteiger partial charge >= 0.3 is 0 Å². The van der Waals surface area contributed by atoms with Gasteiger partial charge in [0.05, 0.1) is 25.3 Å². The van der Waals surface area contributed by atoms with Gasteiger partial charge in [-0.05, 0) is 12.8 Å². The van der Waals surface area contributed by atoms with Crippen molar-refractivity contribution in [2.24, 2.45) is 4.99 Å². The van der Waals surface area contributed by atoms with Gasteiger partial charge < -0.3 is 20.5 Å². The van der Waals surface area contributed by atoms with E-state index in [4.69, 9.17) is 0 Å². The molecule has 6 nitrogen and oxygen atoms in total. The zero-order valence-corrected chi connectivity index (χ0v) is 10.4. The van der Waals surface area contributed by atoms with Crippen molar-refractivity contribution >= 4 is 6.34 Å². The largest absolute Gasteiger partial charge is 0.392 e. The Hall–Kier alpha value is -1.11. The highest BCUT2D eigenvalue weighted by Gasteiger charge is 2.46. The van der Waals surface area contributed by atoms with Crippen molar-refractivity contribution in [1.82, 2.24) is 15.3 Å². The highest BCUT2D eigenvalue weighted by molar-refractivity contribution is 5.64. The molecule has 0 bridgehead atoms. The average molecular weight is 252 g/mol. The molecule has 6 heteroatoms. The molecule has 2 aliphatic heterocycles. The monoisotopic (exact) mass is 252 g/mol. The number of hydroxylamine groups is 2. The summed E-state index contributed by atoms with van der Waals surface area (Å²) < 4.78 is 0. The molecule has 0 aromatic rings. The van der Waals surface area contributed by atoms with Crippen molar-refractivity contribution in [3.05, 3.63) is 11.9 Å². The molecule has 18 heavy (non-hydrogen) atoms. The van der Waals surface area contributed by atoms with Crippen LogP contribution >= 0.6 is 0 Å². The Morgan fingerprint density at radius 2 is 2.17 bits per heavy atom. The molecule has 0 amide bonds. The Morgan fingerprint density at radius 1 is 1.39 bits per heavy atom. The van der Waals surface area contributed by atoms with Crippen LogP contribution in [0, 0.1) is 0 Å². The minimum Gasteiger partial charge on any atom is -0.392 e. The lowest BCUT2D eigenvalue weighted by atomic mass is 9.94. The summed E-state index contributed by atoms with van der Waals surface area (Å²) in [4.78, 5) is 6.32. The quantitative estimate of drug-likeness (QED) is 0.665. The molecule has 1 fully saturated rings. The summed E-state index contributed by atoms with van der Waals surface area (Å²) in [6, 6.07) is 0.486. The molecule has 1 saturated carbocycles. The number of aliphatic hydroxyl groups excluding tert-OH is 1. The van der Waals surface area contributed by atoms with E-state index >= 15 is 0 Å². The molecule has 0 saturated heterocycles.